The highest BCUT2D eigenvalue weighted by molar-refractivity contribution is 5.97. The lowest BCUT2D eigenvalue weighted by atomic mass is 9.98. The molecule has 34 heavy (non-hydrogen) atoms. The second-order valence-electron chi connectivity index (χ2n) is 8.49. The van der Waals surface area contributed by atoms with Crippen LogP contribution in [-0.2, 0) is 6.54 Å². The van der Waals surface area contributed by atoms with Gasteiger partial charge < -0.3 is 13.6 Å². The highest BCUT2D eigenvalue weighted by Gasteiger charge is 2.26. The molecule has 0 radical (unpaired) electrons. The van der Waals surface area contributed by atoms with Crippen molar-refractivity contribution in [3.05, 3.63) is 111 Å². The predicted molar refractivity (Wildman–Crippen MR) is 130 cm³/mol. The maximum absolute atomic E-state index is 12.8. The number of hydrogen-bond acceptors (Lipinski definition) is 6. The number of rotatable bonds is 3. The van der Waals surface area contributed by atoms with Crippen molar-refractivity contribution >= 4 is 21.9 Å². The van der Waals surface area contributed by atoms with Crippen molar-refractivity contribution in [3.63, 3.8) is 0 Å². The van der Waals surface area contributed by atoms with Gasteiger partial charge in [-0.3, -0.25) is 4.90 Å². The van der Waals surface area contributed by atoms with E-state index in [1.807, 2.05) is 48.5 Å². The van der Waals surface area contributed by atoms with Crippen LogP contribution in [0.15, 0.2) is 97.3 Å². The molecule has 5 aromatic rings. The minimum atomic E-state index is -0.531. The monoisotopic (exact) mass is 451 g/mol. The Hall–Kier alpha value is -4.16. The molecule has 1 aliphatic heterocycles. The van der Waals surface area contributed by atoms with Gasteiger partial charge in [-0.1, -0.05) is 48.5 Å². The maximum Gasteiger partial charge on any atom is 0.344 e. The van der Waals surface area contributed by atoms with Crippen LogP contribution < -0.4 is 16.0 Å². The average Bonchev–Trinajstić information content (AvgIpc) is 2.87. The van der Waals surface area contributed by atoms with Gasteiger partial charge in [0.05, 0.1) is 11.1 Å². The fourth-order valence-corrected chi connectivity index (χ4v) is 4.61. The van der Waals surface area contributed by atoms with E-state index in [-0.39, 0.29) is 6.04 Å². The SMILES string of the molecule is CC(c1ccccc1)N1COc2ccc3c(-c4cc5ccccc5oc4=O)cc(=O)oc3c2C1. The average molecular weight is 451 g/mol. The summed E-state index contributed by atoms with van der Waals surface area (Å²) >= 11 is 0. The molecule has 3 aromatic carbocycles. The summed E-state index contributed by atoms with van der Waals surface area (Å²) in [5.41, 5.74) is 2.67. The number of benzene rings is 3. The topological polar surface area (TPSA) is 72.9 Å². The van der Waals surface area contributed by atoms with E-state index in [0.717, 1.165) is 10.9 Å². The third-order valence-corrected chi connectivity index (χ3v) is 6.48. The molecule has 0 saturated heterocycles. The van der Waals surface area contributed by atoms with Crippen LogP contribution >= 0.6 is 0 Å². The lowest BCUT2D eigenvalue weighted by Gasteiger charge is -2.34. The number of nitrogens with zero attached hydrogens (tertiary/aromatic N) is 1. The van der Waals surface area contributed by atoms with Crippen LogP contribution in [0.1, 0.15) is 24.1 Å². The first-order valence-electron chi connectivity index (χ1n) is 11.1. The highest BCUT2D eigenvalue weighted by Crippen LogP contribution is 2.37. The number of ether oxygens (including phenoxy) is 1. The fourth-order valence-electron chi connectivity index (χ4n) is 4.61. The molecule has 6 heteroatoms. The van der Waals surface area contributed by atoms with E-state index in [2.05, 4.69) is 24.0 Å². The molecular weight excluding hydrogens is 430 g/mol. The van der Waals surface area contributed by atoms with E-state index in [1.54, 1.807) is 12.1 Å². The maximum atomic E-state index is 12.8. The normalized spacial score (nSPS) is 14.6. The molecule has 6 nitrogen and oxygen atoms in total. The second kappa shape index (κ2) is 8.01. The molecule has 2 aromatic heterocycles. The molecule has 0 fully saturated rings. The van der Waals surface area contributed by atoms with Crippen LogP contribution in [0.3, 0.4) is 0 Å². The Kier molecular flexibility index (Phi) is 4.81. The summed E-state index contributed by atoms with van der Waals surface area (Å²) in [5.74, 6) is 0.676. The molecule has 0 aliphatic carbocycles. The smallest absolute Gasteiger partial charge is 0.344 e. The van der Waals surface area contributed by atoms with Crippen LogP contribution in [0.2, 0.25) is 0 Å². The van der Waals surface area contributed by atoms with Gasteiger partial charge in [0.1, 0.15) is 23.6 Å². The van der Waals surface area contributed by atoms with Gasteiger partial charge in [-0.2, -0.15) is 0 Å². The molecule has 168 valence electrons. The Morgan fingerprint density at radius 2 is 1.65 bits per heavy atom. The number of para-hydroxylation sites is 1. The molecule has 3 heterocycles. The molecule has 0 bridgehead atoms. The third kappa shape index (κ3) is 3.40. The van der Waals surface area contributed by atoms with Gasteiger partial charge in [0.25, 0.3) is 0 Å². The summed E-state index contributed by atoms with van der Waals surface area (Å²) < 4.78 is 17.3. The third-order valence-electron chi connectivity index (χ3n) is 6.48. The Morgan fingerprint density at radius 3 is 2.50 bits per heavy atom. The van der Waals surface area contributed by atoms with Crippen molar-refractivity contribution in [2.75, 3.05) is 6.73 Å². The van der Waals surface area contributed by atoms with Crippen LogP contribution in [0.25, 0.3) is 33.1 Å². The van der Waals surface area contributed by atoms with Crippen molar-refractivity contribution in [1.29, 1.82) is 0 Å². The van der Waals surface area contributed by atoms with E-state index in [1.165, 1.54) is 11.6 Å². The zero-order valence-electron chi connectivity index (χ0n) is 18.5. The lowest BCUT2D eigenvalue weighted by Crippen LogP contribution is -2.34. The Balaban J connectivity index is 1.50. The minimum absolute atomic E-state index is 0.104. The summed E-state index contributed by atoms with van der Waals surface area (Å²) in [7, 11) is 0. The molecule has 6 rings (SSSR count). The van der Waals surface area contributed by atoms with Crippen LogP contribution in [-0.4, -0.2) is 11.6 Å². The summed E-state index contributed by atoms with van der Waals surface area (Å²) in [6.45, 7) is 3.09. The second-order valence-corrected chi connectivity index (χ2v) is 8.49. The van der Waals surface area contributed by atoms with Gasteiger partial charge in [0, 0.05) is 35.0 Å². The zero-order chi connectivity index (χ0) is 23.2. The predicted octanol–water partition coefficient (Wildman–Crippen LogP) is 5.48. The van der Waals surface area contributed by atoms with E-state index in [4.69, 9.17) is 13.6 Å². The Morgan fingerprint density at radius 1 is 0.853 bits per heavy atom. The molecule has 0 saturated carbocycles. The van der Waals surface area contributed by atoms with Gasteiger partial charge >= 0.3 is 11.3 Å². The van der Waals surface area contributed by atoms with E-state index in [0.29, 0.717) is 46.7 Å². The Bertz CT molecular complexity index is 1650. The molecule has 1 atom stereocenters. The first kappa shape index (κ1) is 20.4. The van der Waals surface area contributed by atoms with Gasteiger partial charge in [0.2, 0.25) is 0 Å². The molecule has 1 unspecified atom stereocenters. The molecular formula is C28H21NO5. The zero-order valence-corrected chi connectivity index (χ0v) is 18.5. The molecule has 1 aliphatic rings. The van der Waals surface area contributed by atoms with Gasteiger partial charge in [-0.25, -0.2) is 9.59 Å². The molecule has 0 amide bonds. The summed E-state index contributed by atoms with van der Waals surface area (Å²) in [6.07, 6.45) is 0. The molecule has 0 spiro atoms. The van der Waals surface area contributed by atoms with E-state index >= 15 is 0 Å². The number of hydrogen-bond donors (Lipinski definition) is 0. The lowest BCUT2D eigenvalue weighted by molar-refractivity contribution is 0.0620. The van der Waals surface area contributed by atoms with E-state index in [9.17, 15) is 9.59 Å². The summed E-state index contributed by atoms with van der Waals surface area (Å²) in [5, 5.41) is 1.45. The van der Waals surface area contributed by atoms with Gasteiger partial charge in [0.15, 0.2) is 0 Å². The van der Waals surface area contributed by atoms with Crippen LogP contribution in [0.5, 0.6) is 5.75 Å². The number of fused-ring (bicyclic) bond motifs is 4. The van der Waals surface area contributed by atoms with Crippen molar-refractivity contribution in [1.82, 2.24) is 4.90 Å². The van der Waals surface area contributed by atoms with Crippen molar-refractivity contribution < 1.29 is 13.6 Å². The summed E-state index contributed by atoms with van der Waals surface area (Å²) in [4.78, 5) is 27.6. The first-order valence-corrected chi connectivity index (χ1v) is 11.1. The van der Waals surface area contributed by atoms with Crippen LogP contribution in [0.4, 0.5) is 0 Å². The highest BCUT2D eigenvalue weighted by atomic mass is 16.5. The standard InChI is InChI=1S/C28H21NO5/c1-17(18-7-3-2-4-8-18)29-15-23-25(32-16-29)12-11-20-21(14-26(30)34-27(20)23)22-13-19-9-5-6-10-24(19)33-28(22)31/h2-14,17H,15-16H2,1H3. The van der Waals surface area contributed by atoms with E-state index < -0.39 is 11.3 Å². The van der Waals surface area contributed by atoms with Crippen molar-refractivity contribution in [2.24, 2.45) is 0 Å². The van der Waals surface area contributed by atoms with Gasteiger partial charge in [-0.15, -0.1) is 0 Å². The largest absolute Gasteiger partial charge is 0.478 e. The summed E-state index contributed by atoms with van der Waals surface area (Å²) in [6, 6.07) is 24.4. The van der Waals surface area contributed by atoms with Crippen LogP contribution in [0, 0.1) is 0 Å². The first-order chi connectivity index (χ1) is 16.6. The van der Waals surface area contributed by atoms with Gasteiger partial charge in [-0.05, 0) is 36.8 Å². The Labute approximate surface area is 194 Å². The quantitative estimate of drug-likeness (QED) is 0.338. The fraction of sp³-hybridized carbons (Fsp3) is 0.143. The molecule has 0 N–H and O–H groups in total. The van der Waals surface area contributed by atoms with Crippen molar-refractivity contribution in [3.8, 4) is 16.9 Å². The van der Waals surface area contributed by atoms with Crippen molar-refractivity contribution in [2.45, 2.75) is 19.5 Å². The minimum Gasteiger partial charge on any atom is -0.478 e.